The molecule has 0 saturated carbocycles. The predicted octanol–water partition coefficient (Wildman–Crippen LogP) is 12.8. The zero-order valence-corrected chi connectivity index (χ0v) is 31.2. The standard InChI is InChI=1S/C52H32N6/c1-2-17-39(18-3-1)57-45-22-10-8-19-40(45)42-31-43-41-20-9-11-23-46(41)58(48(43)32-47(42)57)49-24-12-21-44(53-49)52-55-50(37-27-25-33-13-4-6-15-35(33)29-37)54-51(56-52)38-28-26-34-14-5-7-16-36(34)30-38/h1-32H. The third-order valence-electron chi connectivity index (χ3n) is 11.3. The number of para-hydroxylation sites is 3. The van der Waals surface area contributed by atoms with Crippen molar-refractivity contribution in [2.75, 3.05) is 0 Å². The highest BCUT2D eigenvalue weighted by Gasteiger charge is 2.20. The van der Waals surface area contributed by atoms with Gasteiger partial charge in [-0.25, -0.2) is 19.9 Å². The van der Waals surface area contributed by atoms with Crippen LogP contribution in [-0.2, 0) is 0 Å². The second-order valence-corrected chi connectivity index (χ2v) is 14.7. The Morgan fingerprint density at radius 1 is 0.293 bits per heavy atom. The molecule has 0 fully saturated rings. The third-order valence-corrected chi connectivity index (χ3v) is 11.3. The van der Waals surface area contributed by atoms with Crippen molar-refractivity contribution >= 4 is 65.2 Å². The highest BCUT2D eigenvalue weighted by molar-refractivity contribution is 6.19. The highest BCUT2D eigenvalue weighted by Crippen LogP contribution is 2.39. The van der Waals surface area contributed by atoms with E-state index in [1.807, 2.05) is 12.1 Å². The molecule has 0 unspecified atom stereocenters. The first-order valence-corrected chi connectivity index (χ1v) is 19.5. The summed E-state index contributed by atoms with van der Waals surface area (Å²) in [6.45, 7) is 0. The molecule has 0 atom stereocenters. The summed E-state index contributed by atoms with van der Waals surface area (Å²) in [6, 6.07) is 68.1. The van der Waals surface area contributed by atoms with Gasteiger partial charge in [0.2, 0.25) is 0 Å². The van der Waals surface area contributed by atoms with Gasteiger partial charge in [0, 0.05) is 38.4 Å². The van der Waals surface area contributed by atoms with E-state index in [0.717, 1.165) is 60.7 Å². The van der Waals surface area contributed by atoms with Crippen LogP contribution in [0, 0.1) is 0 Å². The topological polar surface area (TPSA) is 61.4 Å². The van der Waals surface area contributed by atoms with E-state index >= 15 is 0 Å². The van der Waals surface area contributed by atoms with Crippen LogP contribution in [0.3, 0.4) is 0 Å². The Balaban J connectivity index is 1.08. The quantitative estimate of drug-likeness (QED) is 0.176. The van der Waals surface area contributed by atoms with Gasteiger partial charge in [-0.05, 0) is 82.2 Å². The maximum Gasteiger partial charge on any atom is 0.182 e. The van der Waals surface area contributed by atoms with Crippen LogP contribution in [0.15, 0.2) is 194 Å². The van der Waals surface area contributed by atoms with Crippen molar-refractivity contribution in [2.45, 2.75) is 0 Å². The lowest BCUT2D eigenvalue weighted by Crippen LogP contribution is -2.03. The average Bonchev–Trinajstić information content (AvgIpc) is 3.80. The van der Waals surface area contributed by atoms with Crippen LogP contribution in [0.1, 0.15) is 0 Å². The summed E-state index contributed by atoms with van der Waals surface area (Å²) >= 11 is 0. The van der Waals surface area contributed by atoms with Gasteiger partial charge in [0.1, 0.15) is 11.5 Å². The zero-order valence-electron chi connectivity index (χ0n) is 31.2. The number of fused-ring (bicyclic) bond motifs is 8. The van der Waals surface area contributed by atoms with Crippen molar-refractivity contribution in [2.24, 2.45) is 0 Å². The van der Waals surface area contributed by atoms with Gasteiger partial charge in [-0.15, -0.1) is 0 Å². The second-order valence-electron chi connectivity index (χ2n) is 14.7. The molecule has 0 radical (unpaired) electrons. The Labute approximate surface area is 333 Å². The molecule has 0 bridgehead atoms. The first-order chi connectivity index (χ1) is 28.7. The molecule has 0 spiro atoms. The number of benzene rings is 8. The van der Waals surface area contributed by atoms with Crippen molar-refractivity contribution in [3.63, 3.8) is 0 Å². The molecule has 4 heterocycles. The fourth-order valence-electron chi connectivity index (χ4n) is 8.61. The minimum Gasteiger partial charge on any atom is -0.309 e. The van der Waals surface area contributed by atoms with Crippen molar-refractivity contribution in [3.05, 3.63) is 194 Å². The van der Waals surface area contributed by atoms with Crippen molar-refractivity contribution in [1.82, 2.24) is 29.1 Å². The minimum absolute atomic E-state index is 0.510. The number of nitrogens with zero attached hydrogens (tertiary/aromatic N) is 6. The fourth-order valence-corrected chi connectivity index (χ4v) is 8.61. The molecule has 0 saturated heterocycles. The van der Waals surface area contributed by atoms with Gasteiger partial charge in [0.05, 0.1) is 22.1 Å². The van der Waals surface area contributed by atoms with Gasteiger partial charge >= 0.3 is 0 Å². The fraction of sp³-hybridized carbons (Fsp3) is 0. The smallest absolute Gasteiger partial charge is 0.182 e. The van der Waals surface area contributed by atoms with Gasteiger partial charge in [0.15, 0.2) is 17.5 Å². The van der Waals surface area contributed by atoms with E-state index in [2.05, 4.69) is 191 Å². The third kappa shape index (κ3) is 5.12. The van der Waals surface area contributed by atoms with Crippen LogP contribution in [-0.4, -0.2) is 29.1 Å². The molecule has 0 amide bonds. The monoisotopic (exact) mass is 740 g/mol. The molecule has 12 aromatic rings. The summed E-state index contributed by atoms with van der Waals surface area (Å²) in [7, 11) is 0. The van der Waals surface area contributed by atoms with Crippen molar-refractivity contribution < 1.29 is 0 Å². The maximum atomic E-state index is 5.36. The number of aromatic nitrogens is 6. The first kappa shape index (κ1) is 32.3. The van der Waals surface area contributed by atoms with E-state index in [4.69, 9.17) is 19.9 Å². The Bertz CT molecular complexity index is 3480. The maximum absolute atomic E-state index is 5.36. The van der Waals surface area contributed by atoms with Gasteiger partial charge in [0.25, 0.3) is 0 Å². The molecule has 0 aliphatic carbocycles. The Morgan fingerprint density at radius 3 is 1.45 bits per heavy atom. The largest absolute Gasteiger partial charge is 0.309 e. The summed E-state index contributed by atoms with van der Waals surface area (Å²) < 4.78 is 4.64. The van der Waals surface area contributed by atoms with E-state index in [0.29, 0.717) is 23.2 Å². The van der Waals surface area contributed by atoms with E-state index in [1.54, 1.807) is 0 Å². The van der Waals surface area contributed by atoms with Crippen molar-refractivity contribution in [3.8, 4) is 45.8 Å². The summed E-state index contributed by atoms with van der Waals surface area (Å²) in [5, 5.41) is 9.35. The Kier molecular flexibility index (Phi) is 7.13. The van der Waals surface area contributed by atoms with Gasteiger partial charge in [-0.2, -0.15) is 0 Å². The molecular formula is C52H32N6. The molecule has 0 aliphatic heterocycles. The molecule has 12 rings (SSSR count). The normalized spacial score (nSPS) is 11.8. The van der Waals surface area contributed by atoms with Crippen LogP contribution in [0.25, 0.3) is 111 Å². The summed E-state index contributed by atoms with van der Waals surface area (Å²) in [6.07, 6.45) is 0. The lowest BCUT2D eigenvalue weighted by Gasteiger charge is -2.12. The van der Waals surface area contributed by atoms with Gasteiger partial charge in [-0.1, -0.05) is 133 Å². The second kappa shape index (κ2) is 12.8. The average molecular weight is 741 g/mol. The summed E-state index contributed by atoms with van der Waals surface area (Å²) in [5.74, 6) is 2.49. The molecule has 8 aromatic carbocycles. The van der Waals surface area contributed by atoms with E-state index in [9.17, 15) is 0 Å². The van der Waals surface area contributed by atoms with Crippen LogP contribution in [0.4, 0.5) is 0 Å². The SMILES string of the molecule is c1ccc(-n2c3ccccc3c3cc4c5ccccc5n(-c5cccc(-c6nc(-c7ccc8ccccc8c7)nc(-c7ccc8ccccc8c7)n6)n5)c4cc32)cc1. The molecule has 6 nitrogen and oxygen atoms in total. The molecule has 0 aliphatic rings. The van der Waals surface area contributed by atoms with Gasteiger partial charge < -0.3 is 4.57 Å². The summed E-state index contributed by atoms with van der Waals surface area (Å²) in [4.78, 5) is 20.7. The van der Waals surface area contributed by atoms with E-state index < -0.39 is 0 Å². The predicted molar refractivity (Wildman–Crippen MR) is 238 cm³/mol. The van der Waals surface area contributed by atoms with Crippen molar-refractivity contribution in [1.29, 1.82) is 0 Å². The molecule has 4 aromatic heterocycles. The molecular weight excluding hydrogens is 709 g/mol. The van der Waals surface area contributed by atoms with E-state index in [-0.39, 0.29) is 0 Å². The highest BCUT2D eigenvalue weighted by atomic mass is 15.1. The molecule has 270 valence electrons. The van der Waals surface area contributed by atoms with Crippen LogP contribution >= 0.6 is 0 Å². The number of hydrogen-bond acceptors (Lipinski definition) is 4. The summed E-state index contributed by atoms with van der Waals surface area (Å²) in [5.41, 5.74) is 8.08. The van der Waals surface area contributed by atoms with Crippen LogP contribution < -0.4 is 0 Å². The van der Waals surface area contributed by atoms with E-state index in [1.165, 1.54) is 27.1 Å². The van der Waals surface area contributed by atoms with Crippen LogP contribution in [0.2, 0.25) is 0 Å². The molecule has 0 N–H and O–H groups in total. The van der Waals surface area contributed by atoms with Gasteiger partial charge in [-0.3, -0.25) is 4.57 Å². The lowest BCUT2D eigenvalue weighted by atomic mass is 10.1. The Hall–Kier alpha value is -7.96. The zero-order chi connectivity index (χ0) is 38.2. The molecule has 58 heavy (non-hydrogen) atoms. The number of rotatable bonds is 5. The van der Waals surface area contributed by atoms with Crippen LogP contribution in [0.5, 0.6) is 0 Å². The number of pyridine rings is 1. The molecule has 6 heteroatoms. The Morgan fingerprint density at radius 2 is 0.810 bits per heavy atom. The first-order valence-electron chi connectivity index (χ1n) is 19.5. The lowest BCUT2D eigenvalue weighted by molar-refractivity contribution is 1.03. The number of hydrogen-bond donors (Lipinski definition) is 0. The minimum atomic E-state index is 0.510.